The Labute approximate surface area is 109 Å². The van der Waals surface area contributed by atoms with Crippen LogP contribution in [-0.2, 0) is 0 Å². The second kappa shape index (κ2) is 6.83. The van der Waals surface area contributed by atoms with Gasteiger partial charge in [-0.2, -0.15) is 0 Å². The summed E-state index contributed by atoms with van der Waals surface area (Å²) in [6.07, 6.45) is 10.1. The van der Waals surface area contributed by atoms with E-state index in [0.717, 1.165) is 12.0 Å². The van der Waals surface area contributed by atoms with Gasteiger partial charge in [0.05, 0.1) is 0 Å². The van der Waals surface area contributed by atoms with E-state index in [9.17, 15) is 0 Å². The first-order valence-corrected chi connectivity index (χ1v) is 6.42. The van der Waals surface area contributed by atoms with Crippen molar-refractivity contribution < 1.29 is 5.11 Å². The number of benzene rings is 1. The van der Waals surface area contributed by atoms with Crippen molar-refractivity contribution in [2.75, 3.05) is 6.61 Å². The normalized spacial score (nSPS) is 19.2. The van der Waals surface area contributed by atoms with Crippen molar-refractivity contribution in [3.8, 4) is 11.8 Å². The monoisotopic (exact) mass is 238 g/mol. The predicted octanol–water partition coefficient (Wildman–Crippen LogP) is 3.42. The van der Waals surface area contributed by atoms with Gasteiger partial charge >= 0.3 is 0 Å². The smallest absolute Gasteiger partial charge is 0.104 e. The van der Waals surface area contributed by atoms with E-state index < -0.39 is 0 Å². The molecule has 18 heavy (non-hydrogen) atoms. The highest BCUT2D eigenvalue weighted by atomic mass is 16.2. The van der Waals surface area contributed by atoms with Gasteiger partial charge in [-0.15, -0.1) is 0 Å². The molecule has 0 bridgehead atoms. The van der Waals surface area contributed by atoms with Crippen LogP contribution in [0.15, 0.2) is 48.1 Å². The summed E-state index contributed by atoms with van der Waals surface area (Å²) >= 11 is 0. The van der Waals surface area contributed by atoms with Crippen molar-refractivity contribution in [1.82, 2.24) is 0 Å². The maximum absolute atomic E-state index is 8.70. The predicted molar refractivity (Wildman–Crippen MR) is 75.8 cm³/mol. The van der Waals surface area contributed by atoms with Crippen LogP contribution in [0.25, 0.3) is 6.08 Å². The SMILES string of the molecule is OCC#CC1=CC(C=Cc2ccccc2)CCC1. The van der Waals surface area contributed by atoms with Crippen LogP contribution < -0.4 is 0 Å². The van der Waals surface area contributed by atoms with Gasteiger partial charge in [0.15, 0.2) is 0 Å². The third-order valence-electron chi connectivity index (χ3n) is 3.06. The van der Waals surface area contributed by atoms with Crippen LogP contribution in [-0.4, -0.2) is 11.7 Å². The van der Waals surface area contributed by atoms with E-state index >= 15 is 0 Å². The molecule has 1 aromatic carbocycles. The Morgan fingerprint density at radius 1 is 1.28 bits per heavy atom. The first kappa shape index (κ1) is 12.7. The van der Waals surface area contributed by atoms with Crippen LogP contribution in [0.3, 0.4) is 0 Å². The minimum atomic E-state index is -0.0537. The lowest BCUT2D eigenvalue weighted by Crippen LogP contribution is -2.01. The molecule has 0 aliphatic heterocycles. The summed E-state index contributed by atoms with van der Waals surface area (Å²) in [4.78, 5) is 0. The molecule has 1 nitrogen and oxygen atoms in total. The molecule has 1 aromatic rings. The number of hydrogen-bond donors (Lipinski definition) is 1. The molecule has 1 atom stereocenters. The summed E-state index contributed by atoms with van der Waals surface area (Å²) in [5.74, 6) is 6.23. The fraction of sp³-hybridized carbons (Fsp3) is 0.294. The summed E-state index contributed by atoms with van der Waals surface area (Å²) in [5, 5.41) is 8.70. The topological polar surface area (TPSA) is 20.2 Å². The van der Waals surface area contributed by atoms with Gasteiger partial charge in [0.2, 0.25) is 0 Å². The molecular formula is C17H18O. The molecule has 1 aliphatic rings. The lowest BCUT2D eigenvalue weighted by Gasteiger charge is -2.15. The van der Waals surface area contributed by atoms with E-state index in [1.807, 2.05) is 6.07 Å². The molecule has 0 radical (unpaired) electrons. The molecule has 0 aromatic heterocycles. The highest BCUT2D eigenvalue weighted by Gasteiger charge is 2.09. The second-order valence-electron chi connectivity index (χ2n) is 4.48. The standard InChI is InChI=1S/C17H18O/c18-13-5-10-16-8-4-9-17(14-16)12-11-15-6-2-1-3-7-15/h1-3,6-7,11-12,14,17-18H,4,8-9,13H2. The molecule has 1 N–H and O–H groups in total. The number of allylic oxidation sites excluding steroid dienone is 3. The van der Waals surface area contributed by atoms with Gasteiger partial charge in [0.1, 0.15) is 6.61 Å². The van der Waals surface area contributed by atoms with Crippen molar-refractivity contribution in [2.24, 2.45) is 5.92 Å². The molecule has 0 saturated carbocycles. The molecule has 92 valence electrons. The minimum absolute atomic E-state index is 0.0537. The Balaban J connectivity index is 2.03. The largest absolute Gasteiger partial charge is 0.384 e. The average molecular weight is 238 g/mol. The van der Waals surface area contributed by atoms with Crippen molar-refractivity contribution >= 4 is 6.08 Å². The van der Waals surface area contributed by atoms with Crippen LogP contribution in [0, 0.1) is 17.8 Å². The fourth-order valence-electron chi connectivity index (χ4n) is 2.16. The van der Waals surface area contributed by atoms with Gasteiger partial charge in [0, 0.05) is 0 Å². The van der Waals surface area contributed by atoms with E-state index in [4.69, 9.17) is 5.11 Å². The highest BCUT2D eigenvalue weighted by molar-refractivity contribution is 5.49. The van der Waals surface area contributed by atoms with Crippen LogP contribution in [0.4, 0.5) is 0 Å². The average Bonchev–Trinajstić information content (AvgIpc) is 2.44. The zero-order chi connectivity index (χ0) is 12.6. The molecule has 1 unspecified atom stereocenters. The third kappa shape index (κ3) is 3.91. The lowest BCUT2D eigenvalue weighted by atomic mass is 9.90. The van der Waals surface area contributed by atoms with Crippen molar-refractivity contribution in [2.45, 2.75) is 19.3 Å². The van der Waals surface area contributed by atoms with Gasteiger partial charge < -0.3 is 5.11 Å². The Bertz CT molecular complexity index is 485. The quantitative estimate of drug-likeness (QED) is 0.783. The molecule has 0 fully saturated rings. The van der Waals surface area contributed by atoms with Crippen LogP contribution in [0.5, 0.6) is 0 Å². The molecule has 1 heteroatoms. The summed E-state index contributed by atoms with van der Waals surface area (Å²) in [6.45, 7) is -0.0537. The summed E-state index contributed by atoms with van der Waals surface area (Å²) in [6, 6.07) is 10.3. The van der Waals surface area contributed by atoms with E-state index in [-0.39, 0.29) is 6.61 Å². The zero-order valence-electron chi connectivity index (χ0n) is 10.5. The summed E-state index contributed by atoms with van der Waals surface area (Å²) in [5.41, 5.74) is 2.40. The van der Waals surface area contributed by atoms with Crippen molar-refractivity contribution in [3.05, 3.63) is 53.6 Å². The first-order chi connectivity index (χ1) is 8.88. The number of rotatable bonds is 2. The molecule has 0 spiro atoms. The number of hydrogen-bond acceptors (Lipinski definition) is 1. The maximum Gasteiger partial charge on any atom is 0.104 e. The van der Waals surface area contributed by atoms with Crippen LogP contribution in [0.2, 0.25) is 0 Å². The maximum atomic E-state index is 8.70. The summed E-state index contributed by atoms with van der Waals surface area (Å²) in [7, 11) is 0. The van der Waals surface area contributed by atoms with E-state index in [1.165, 1.54) is 18.4 Å². The van der Waals surface area contributed by atoms with Crippen LogP contribution >= 0.6 is 0 Å². The molecule has 0 amide bonds. The Hall–Kier alpha value is -1.78. The molecule has 2 rings (SSSR count). The first-order valence-electron chi connectivity index (χ1n) is 6.42. The zero-order valence-corrected chi connectivity index (χ0v) is 10.5. The van der Waals surface area contributed by atoms with E-state index in [0.29, 0.717) is 5.92 Å². The van der Waals surface area contributed by atoms with E-state index in [2.05, 4.69) is 54.3 Å². The van der Waals surface area contributed by atoms with Gasteiger partial charge in [-0.3, -0.25) is 0 Å². The lowest BCUT2D eigenvalue weighted by molar-refractivity contribution is 0.350. The highest BCUT2D eigenvalue weighted by Crippen LogP contribution is 2.24. The Kier molecular flexibility index (Phi) is 4.81. The fourth-order valence-corrected chi connectivity index (χ4v) is 2.16. The Morgan fingerprint density at radius 3 is 2.89 bits per heavy atom. The van der Waals surface area contributed by atoms with Gasteiger partial charge in [0.25, 0.3) is 0 Å². The Morgan fingerprint density at radius 2 is 2.11 bits per heavy atom. The van der Waals surface area contributed by atoms with Crippen molar-refractivity contribution in [1.29, 1.82) is 0 Å². The molecule has 1 aliphatic carbocycles. The molecule has 0 saturated heterocycles. The van der Waals surface area contributed by atoms with Gasteiger partial charge in [-0.05, 0) is 36.3 Å². The minimum Gasteiger partial charge on any atom is -0.384 e. The number of aliphatic hydroxyl groups is 1. The number of aliphatic hydroxyl groups excluding tert-OH is 1. The van der Waals surface area contributed by atoms with Gasteiger partial charge in [-0.25, -0.2) is 0 Å². The summed E-state index contributed by atoms with van der Waals surface area (Å²) < 4.78 is 0. The van der Waals surface area contributed by atoms with Crippen LogP contribution in [0.1, 0.15) is 24.8 Å². The van der Waals surface area contributed by atoms with Gasteiger partial charge in [-0.1, -0.05) is 60.4 Å². The molecular weight excluding hydrogens is 220 g/mol. The molecule has 0 heterocycles. The van der Waals surface area contributed by atoms with E-state index in [1.54, 1.807) is 0 Å². The third-order valence-corrected chi connectivity index (χ3v) is 3.06. The second-order valence-corrected chi connectivity index (χ2v) is 4.48. The van der Waals surface area contributed by atoms with Crippen molar-refractivity contribution in [3.63, 3.8) is 0 Å².